The van der Waals surface area contributed by atoms with Crippen molar-refractivity contribution in [1.82, 2.24) is 5.32 Å². The predicted octanol–water partition coefficient (Wildman–Crippen LogP) is 1.38. The summed E-state index contributed by atoms with van der Waals surface area (Å²) in [4.78, 5) is 12.2. The van der Waals surface area contributed by atoms with E-state index < -0.39 is 5.54 Å². The maximum Gasteiger partial charge on any atom is 0.240 e. The molecular weight excluding hydrogens is 280 g/mol. The van der Waals surface area contributed by atoms with E-state index in [1.54, 1.807) is 0 Å². The average Bonchev–Trinajstić information content (AvgIpc) is 2.90. The minimum absolute atomic E-state index is 0. The summed E-state index contributed by atoms with van der Waals surface area (Å²) in [5, 5.41) is 2.98. The molecule has 2 unspecified atom stereocenters. The fraction of sp³-hybridized carbons (Fsp3) is 0.929. The largest absolute Gasteiger partial charge is 0.379 e. The highest BCUT2D eigenvalue weighted by molar-refractivity contribution is 5.86. The molecule has 3 N–H and O–H groups in total. The van der Waals surface area contributed by atoms with Gasteiger partial charge < -0.3 is 20.5 Å². The Balaban J connectivity index is 0.00000200. The summed E-state index contributed by atoms with van der Waals surface area (Å²) in [6, 6.07) is -0.00421. The minimum Gasteiger partial charge on any atom is -0.379 e. The Kier molecular flexibility index (Phi) is 7.23. The van der Waals surface area contributed by atoms with E-state index in [2.05, 4.69) is 5.32 Å². The van der Waals surface area contributed by atoms with E-state index in [-0.39, 0.29) is 30.5 Å². The summed E-state index contributed by atoms with van der Waals surface area (Å²) in [6.45, 7) is 3.93. The molecule has 2 rings (SSSR count). The van der Waals surface area contributed by atoms with Gasteiger partial charge in [0, 0.05) is 12.6 Å². The summed E-state index contributed by atoms with van der Waals surface area (Å²) in [5.74, 6) is -0.0222. The molecule has 0 aromatic heterocycles. The van der Waals surface area contributed by atoms with Crippen molar-refractivity contribution >= 4 is 18.3 Å². The van der Waals surface area contributed by atoms with Crippen LogP contribution in [0, 0.1) is 0 Å². The molecule has 118 valence electrons. The zero-order valence-electron chi connectivity index (χ0n) is 12.2. The molecule has 1 aliphatic heterocycles. The number of ether oxygens (including phenoxy) is 2. The molecular formula is C14H27ClN2O3. The summed E-state index contributed by atoms with van der Waals surface area (Å²) in [6.07, 6.45) is 6.00. The fourth-order valence-corrected chi connectivity index (χ4v) is 2.74. The first kappa shape index (κ1) is 17.7. The SMILES string of the molecule is CC(COC1CCOC1)NC(=O)C1(N)CCCCC1.Cl. The van der Waals surface area contributed by atoms with E-state index in [1.165, 1.54) is 6.42 Å². The van der Waals surface area contributed by atoms with Gasteiger partial charge in [-0.05, 0) is 26.2 Å². The van der Waals surface area contributed by atoms with Crippen molar-refractivity contribution in [3.8, 4) is 0 Å². The quantitative estimate of drug-likeness (QED) is 0.805. The first-order chi connectivity index (χ1) is 9.10. The van der Waals surface area contributed by atoms with Crippen LogP contribution in [-0.4, -0.2) is 43.4 Å². The third-order valence-corrected chi connectivity index (χ3v) is 4.05. The van der Waals surface area contributed by atoms with Crippen molar-refractivity contribution in [3.05, 3.63) is 0 Å². The van der Waals surface area contributed by atoms with Gasteiger partial charge in [0.1, 0.15) is 0 Å². The van der Waals surface area contributed by atoms with E-state index in [4.69, 9.17) is 15.2 Å². The Hall–Kier alpha value is -0.360. The summed E-state index contributed by atoms with van der Waals surface area (Å²) in [7, 11) is 0. The minimum atomic E-state index is -0.664. The molecule has 0 spiro atoms. The van der Waals surface area contributed by atoms with Crippen molar-refractivity contribution in [1.29, 1.82) is 0 Å². The van der Waals surface area contributed by atoms with E-state index in [9.17, 15) is 4.79 Å². The number of amides is 1. The molecule has 2 fully saturated rings. The Labute approximate surface area is 127 Å². The molecule has 0 bridgehead atoms. The Morgan fingerprint density at radius 1 is 1.45 bits per heavy atom. The maximum atomic E-state index is 12.2. The molecule has 1 aliphatic carbocycles. The van der Waals surface area contributed by atoms with Crippen LogP contribution >= 0.6 is 12.4 Å². The van der Waals surface area contributed by atoms with Gasteiger partial charge in [-0.1, -0.05) is 19.3 Å². The highest BCUT2D eigenvalue weighted by atomic mass is 35.5. The Morgan fingerprint density at radius 3 is 2.75 bits per heavy atom. The molecule has 1 amide bonds. The summed E-state index contributed by atoms with van der Waals surface area (Å²) < 4.78 is 11.0. The average molecular weight is 307 g/mol. The summed E-state index contributed by atoms with van der Waals surface area (Å²) in [5.41, 5.74) is 5.53. The second kappa shape index (κ2) is 8.17. The topological polar surface area (TPSA) is 73.6 Å². The molecule has 2 aliphatic rings. The molecule has 0 aromatic carbocycles. The van der Waals surface area contributed by atoms with Crippen LogP contribution in [0.4, 0.5) is 0 Å². The van der Waals surface area contributed by atoms with Crippen LogP contribution in [0.2, 0.25) is 0 Å². The number of rotatable bonds is 5. The molecule has 0 aromatic rings. The number of hydrogen-bond acceptors (Lipinski definition) is 4. The van der Waals surface area contributed by atoms with Gasteiger partial charge >= 0.3 is 0 Å². The van der Waals surface area contributed by atoms with Gasteiger partial charge in [-0.25, -0.2) is 0 Å². The number of nitrogens with one attached hydrogen (secondary N) is 1. The molecule has 0 radical (unpaired) electrons. The van der Waals surface area contributed by atoms with Crippen molar-refractivity contribution in [2.24, 2.45) is 5.73 Å². The molecule has 1 saturated carbocycles. The van der Waals surface area contributed by atoms with Crippen LogP contribution in [-0.2, 0) is 14.3 Å². The predicted molar refractivity (Wildman–Crippen MR) is 80.0 cm³/mol. The summed E-state index contributed by atoms with van der Waals surface area (Å²) >= 11 is 0. The van der Waals surface area contributed by atoms with Crippen LogP contribution in [0.15, 0.2) is 0 Å². The van der Waals surface area contributed by atoms with Gasteiger partial charge in [0.05, 0.1) is 24.9 Å². The highest BCUT2D eigenvalue weighted by Crippen LogP contribution is 2.26. The second-order valence-electron chi connectivity index (χ2n) is 5.91. The molecule has 2 atom stereocenters. The lowest BCUT2D eigenvalue weighted by atomic mass is 9.82. The number of halogens is 1. The number of carbonyl (C=O) groups excluding carboxylic acids is 1. The molecule has 1 heterocycles. The zero-order valence-corrected chi connectivity index (χ0v) is 13.0. The second-order valence-corrected chi connectivity index (χ2v) is 5.91. The van der Waals surface area contributed by atoms with Gasteiger partial charge in [-0.15, -0.1) is 12.4 Å². The van der Waals surface area contributed by atoms with Crippen molar-refractivity contribution in [2.45, 2.75) is 63.1 Å². The fourth-order valence-electron chi connectivity index (χ4n) is 2.74. The van der Waals surface area contributed by atoms with Gasteiger partial charge in [0.15, 0.2) is 0 Å². The van der Waals surface area contributed by atoms with Crippen LogP contribution < -0.4 is 11.1 Å². The lowest BCUT2D eigenvalue weighted by molar-refractivity contribution is -0.128. The van der Waals surface area contributed by atoms with E-state index in [0.717, 1.165) is 38.7 Å². The first-order valence-corrected chi connectivity index (χ1v) is 7.39. The molecule has 1 saturated heterocycles. The van der Waals surface area contributed by atoms with Gasteiger partial charge in [0.2, 0.25) is 5.91 Å². The standard InChI is InChI=1S/C14H26N2O3.ClH/c1-11(9-19-12-5-8-18-10-12)16-13(17)14(15)6-3-2-4-7-14;/h11-12H,2-10,15H2,1H3,(H,16,17);1H. The monoisotopic (exact) mass is 306 g/mol. The normalized spacial score (nSPS) is 26.6. The molecule has 5 nitrogen and oxygen atoms in total. The third kappa shape index (κ3) is 4.88. The third-order valence-electron chi connectivity index (χ3n) is 4.05. The number of hydrogen-bond donors (Lipinski definition) is 2. The Morgan fingerprint density at radius 2 is 2.15 bits per heavy atom. The van der Waals surface area contributed by atoms with E-state index in [1.807, 2.05) is 6.92 Å². The van der Waals surface area contributed by atoms with Gasteiger partial charge in [0.25, 0.3) is 0 Å². The van der Waals surface area contributed by atoms with E-state index >= 15 is 0 Å². The maximum absolute atomic E-state index is 12.2. The number of nitrogens with two attached hydrogens (primary N) is 1. The zero-order chi connectivity index (χ0) is 13.7. The molecule has 20 heavy (non-hydrogen) atoms. The molecule has 6 heteroatoms. The van der Waals surface area contributed by atoms with Crippen LogP contribution in [0.3, 0.4) is 0 Å². The van der Waals surface area contributed by atoms with E-state index in [0.29, 0.717) is 13.2 Å². The lowest BCUT2D eigenvalue weighted by Gasteiger charge is -2.33. The highest BCUT2D eigenvalue weighted by Gasteiger charge is 2.35. The van der Waals surface area contributed by atoms with Crippen LogP contribution in [0.5, 0.6) is 0 Å². The van der Waals surface area contributed by atoms with Crippen LogP contribution in [0.1, 0.15) is 45.4 Å². The number of carbonyl (C=O) groups is 1. The van der Waals surface area contributed by atoms with Crippen molar-refractivity contribution in [2.75, 3.05) is 19.8 Å². The van der Waals surface area contributed by atoms with Crippen molar-refractivity contribution < 1.29 is 14.3 Å². The lowest BCUT2D eigenvalue weighted by Crippen LogP contribution is -2.57. The smallest absolute Gasteiger partial charge is 0.240 e. The Bertz CT molecular complexity index is 303. The van der Waals surface area contributed by atoms with Gasteiger partial charge in [-0.3, -0.25) is 4.79 Å². The van der Waals surface area contributed by atoms with Gasteiger partial charge in [-0.2, -0.15) is 0 Å². The first-order valence-electron chi connectivity index (χ1n) is 7.39. The van der Waals surface area contributed by atoms with Crippen molar-refractivity contribution in [3.63, 3.8) is 0 Å². The van der Waals surface area contributed by atoms with Crippen LogP contribution in [0.25, 0.3) is 0 Å².